The maximum absolute atomic E-state index is 2.63. The Bertz CT molecular complexity index is 3320. The van der Waals surface area contributed by atoms with Crippen molar-refractivity contribution in [2.24, 2.45) is 0 Å². The third-order valence-electron chi connectivity index (χ3n) is 15.8. The van der Waals surface area contributed by atoms with E-state index in [1.807, 2.05) is 0 Å². The minimum atomic E-state index is -0.503. The Labute approximate surface area is 397 Å². The molecule has 0 aromatic heterocycles. The van der Waals surface area contributed by atoms with Crippen LogP contribution in [0.15, 0.2) is 206 Å². The molecule has 1 spiro atoms. The van der Waals surface area contributed by atoms with Crippen LogP contribution >= 0.6 is 0 Å². The highest BCUT2D eigenvalue weighted by molar-refractivity contribution is 6.02. The van der Waals surface area contributed by atoms with Crippen molar-refractivity contribution < 1.29 is 0 Å². The van der Waals surface area contributed by atoms with Crippen LogP contribution in [0.1, 0.15) is 99.2 Å². The van der Waals surface area contributed by atoms with Gasteiger partial charge < -0.3 is 4.90 Å². The Morgan fingerprint density at radius 1 is 0.343 bits per heavy atom. The van der Waals surface area contributed by atoms with Gasteiger partial charge in [-0.2, -0.15) is 0 Å². The van der Waals surface area contributed by atoms with Gasteiger partial charge in [-0.05, 0) is 149 Å². The molecule has 0 atom stereocenters. The van der Waals surface area contributed by atoms with E-state index in [4.69, 9.17) is 0 Å². The van der Waals surface area contributed by atoms with Gasteiger partial charge in [0.15, 0.2) is 0 Å². The van der Waals surface area contributed by atoms with Gasteiger partial charge in [0.05, 0.1) is 16.8 Å². The van der Waals surface area contributed by atoms with Crippen molar-refractivity contribution in [1.82, 2.24) is 0 Å². The Hall–Kier alpha value is -7.22. The minimum Gasteiger partial charge on any atom is -0.309 e. The zero-order valence-corrected chi connectivity index (χ0v) is 39.6. The first-order chi connectivity index (χ1) is 32.6. The van der Waals surface area contributed by atoms with Crippen molar-refractivity contribution in [3.63, 3.8) is 0 Å². The molecule has 9 aromatic carbocycles. The molecule has 0 aliphatic heterocycles. The van der Waals surface area contributed by atoms with Crippen LogP contribution in [0.25, 0.3) is 55.6 Å². The van der Waals surface area contributed by atoms with Gasteiger partial charge in [-0.3, -0.25) is 0 Å². The summed E-state index contributed by atoms with van der Waals surface area (Å²) in [5, 5.41) is 0. The van der Waals surface area contributed by atoms with Gasteiger partial charge in [-0.1, -0.05) is 211 Å². The summed E-state index contributed by atoms with van der Waals surface area (Å²) in [5.74, 6) is 0.296. The molecule has 0 heterocycles. The molecule has 0 unspecified atom stereocenters. The Balaban J connectivity index is 1.24. The average molecular weight is 864 g/mol. The quantitative estimate of drug-likeness (QED) is 0.154. The van der Waals surface area contributed by atoms with Gasteiger partial charge >= 0.3 is 0 Å². The van der Waals surface area contributed by atoms with Gasteiger partial charge in [0.2, 0.25) is 0 Å². The van der Waals surface area contributed by atoms with Crippen molar-refractivity contribution in [3.05, 3.63) is 245 Å². The van der Waals surface area contributed by atoms with Crippen LogP contribution in [0.5, 0.6) is 0 Å². The number of hydrogen-bond donors (Lipinski definition) is 0. The van der Waals surface area contributed by atoms with Crippen molar-refractivity contribution in [1.29, 1.82) is 0 Å². The highest BCUT2D eigenvalue weighted by Crippen LogP contribution is 2.65. The Morgan fingerprint density at radius 3 is 1.37 bits per heavy atom. The summed E-state index contributed by atoms with van der Waals surface area (Å²) in [5.41, 5.74) is 25.5. The molecule has 0 amide bonds. The normalized spacial score (nSPS) is 15.4. The third kappa shape index (κ3) is 6.28. The molecule has 326 valence electrons. The first-order valence-electron chi connectivity index (χ1n) is 24.3. The predicted octanol–water partition coefficient (Wildman–Crippen LogP) is 18.0. The molecule has 12 rings (SSSR count). The lowest BCUT2D eigenvalue weighted by molar-refractivity contribution is 0.331. The standard InChI is InChI=1S/C66H57N/c1-43(2)52-40-60-61(65(5,6)38-37-64(60,3)4)41-53(52)55-39-54-51-28-15-19-31-58(51)66(56-29-17-13-26-49(56)50-27-14-18-30-57(50)66)59(54)42-63(55)67(47-35-33-45(34-36-47)44-21-9-7-10-22-44)62-32-20-16-25-48(62)46-23-11-8-12-24-46/h7-36,39-43H,37-38H2,1-6H3. The molecule has 3 aliphatic rings. The van der Waals surface area contributed by atoms with E-state index in [2.05, 4.69) is 253 Å². The minimum absolute atomic E-state index is 0.0345. The van der Waals surface area contributed by atoms with E-state index in [9.17, 15) is 0 Å². The SMILES string of the molecule is CC(C)c1cc2c(cc1-c1cc3c(cc1N(c1ccc(-c4ccccc4)cc1)c1ccccc1-c1ccccc1)C1(c4ccccc4-c4ccccc41)c1ccccc1-3)C(C)(C)CCC2(C)C. The second-order valence-corrected chi connectivity index (χ2v) is 20.8. The predicted molar refractivity (Wildman–Crippen MR) is 283 cm³/mol. The summed E-state index contributed by atoms with van der Waals surface area (Å²) in [6.45, 7) is 14.6. The number of hydrogen-bond acceptors (Lipinski definition) is 1. The highest BCUT2D eigenvalue weighted by atomic mass is 15.1. The monoisotopic (exact) mass is 863 g/mol. The van der Waals surface area contributed by atoms with Gasteiger partial charge in [-0.15, -0.1) is 0 Å². The van der Waals surface area contributed by atoms with E-state index >= 15 is 0 Å². The summed E-state index contributed by atoms with van der Waals surface area (Å²) in [7, 11) is 0. The first-order valence-corrected chi connectivity index (χ1v) is 24.3. The number of benzene rings is 9. The molecule has 0 radical (unpaired) electrons. The van der Waals surface area contributed by atoms with E-state index in [0.717, 1.165) is 17.8 Å². The lowest BCUT2D eigenvalue weighted by atomic mass is 9.62. The summed E-state index contributed by atoms with van der Waals surface area (Å²) in [6.07, 6.45) is 2.34. The van der Waals surface area contributed by atoms with E-state index in [0.29, 0.717) is 5.92 Å². The zero-order valence-electron chi connectivity index (χ0n) is 39.6. The molecular formula is C66H57N. The molecule has 1 heteroatoms. The molecule has 0 saturated heterocycles. The van der Waals surface area contributed by atoms with E-state index in [1.165, 1.54) is 107 Å². The van der Waals surface area contributed by atoms with Crippen LogP contribution in [0, 0.1) is 0 Å². The van der Waals surface area contributed by atoms with Crippen molar-refractivity contribution in [2.75, 3.05) is 4.90 Å². The van der Waals surface area contributed by atoms with E-state index < -0.39 is 5.41 Å². The van der Waals surface area contributed by atoms with Crippen LogP contribution in [0.2, 0.25) is 0 Å². The largest absolute Gasteiger partial charge is 0.309 e. The Morgan fingerprint density at radius 2 is 0.806 bits per heavy atom. The maximum atomic E-state index is 2.63. The molecule has 67 heavy (non-hydrogen) atoms. The van der Waals surface area contributed by atoms with Gasteiger partial charge in [-0.25, -0.2) is 0 Å². The lowest BCUT2D eigenvalue weighted by Crippen LogP contribution is -2.34. The fourth-order valence-electron chi connectivity index (χ4n) is 12.2. The topological polar surface area (TPSA) is 3.24 Å². The van der Waals surface area contributed by atoms with E-state index in [1.54, 1.807) is 0 Å². The molecule has 0 bridgehead atoms. The molecule has 0 fully saturated rings. The number of para-hydroxylation sites is 1. The van der Waals surface area contributed by atoms with Gasteiger partial charge in [0, 0.05) is 16.8 Å². The fraction of sp³-hybridized carbons (Fsp3) is 0.182. The van der Waals surface area contributed by atoms with Gasteiger partial charge in [0.25, 0.3) is 0 Å². The number of nitrogens with zero attached hydrogens (tertiary/aromatic N) is 1. The summed E-state index contributed by atoms with van der Waals surface area (Å²) in [4.78, 5) is 2.59. The zero-order chi connectivity index (χ0) is 45.7. The van der Waals surface area contributed by atoms with Crippen LogP contribution in [-0.2, 0) is 16.2 Å². The number of anilines is 3. The number of fused-ring (bicyclic) bond motifs is 11. The lowest BCUT2D eigenvalue weighted by Gasteiger charge is -2.43. The van der Waals surface area contributed by atoms with E-state index in [-0.39, 0.29) is 10.8 Å². The summed E-state index contributed by atoms with van der Waals surface area (Å²) >= 11 is 0. The Kier molecular flexibility index (Phi) is 9.49. The smallest absolute Gasteiger partial charge is 0.0726 e. The molecule has 0 saturated carbocycles. The molecule has 0 N–H and O–H groups in total. The maximum Gasteiger partial charge on any atom is 0.0726 e. The average Bonchev–Trinajstić information content (AvgIpc) is 3.83. The second kappa shape index (κ2) is 15.4. The molecule has 1 nitrogen and oxygen atoms in total. The molecule has 3 aliphatic carbocycles. The molecule has 9 aromatic rings. The summed E-state index contributed by atoms with van der Waals surface area (Å²) in [6, 6.07) is 78.1. The number of rotatable bonds is 7. The van der Waals surface area contributed by atoms with Crippen LogP contribution in [0.4, 0.5) is 17.1 Å². The van der Waals surface area contributed by atoms with Crippen molar-refractivity contribution in [2.45, 2.75) is 76.5 Å². The highest BCUT2D eigenvalue weighted by Gasteiger charge is 2.52. The second-order valence-electron chi connectivity index (χ2n) is 20.8. The van der Waals surface area contributed by atoms with Crippen LogP contribution in [0.3, 0.4) is 0 Å². The van der Waals surface area contributed by atoms with Crippen molar-refractivity contribution >= 4 is 17.1 Å². The fourth-order valence-corrected chi connectivity index (χ4v) is 12.2. The summed E-state index contributed by atoms with van der Waals surface area (Å²) < 4.78 is 0. The first kappa shape index (κ1) is 41.2. The molecular weight excluding hydrogens is 807 g/mol. The van der Waals surface area contributed by atoms with Crippen LogP contribution in [-0.4, -0.2) is 0 Å². The van der Waals surface area contributed by atoms with Gasteiger partial charge in [0.1, 0.15) is 0 Å². The van der Waals surface area contributed by atoms with Crippen LogP contribution < -0.4 is 4.90 Å². The third-order valence-corrected chi connectivity index (χ3v) is 15.8. The van der Waals surface area contributed by atoms with Crippen molar-refractivity contribution in [3.8, 4) is 55.6 Å².